The van der Waals surface area contributed by atoms with Crippen LogP contribution >= 0.6 is 0 Å². The van der Waals surface area contributed by atoms with E-state index in [4.69, 9.17) is 0 Å². The zero-order valence-corrected chi connectivity index (χ0v) is 15.8. The minimum Gasteiger partial charge on any atom is -0.321 e. The molecule has 150 valence electrons. The molecule has 3 aromatic rings. The Labute approximate surface area is 165 Å². The molecule has 2 aromatic heterocycles. The molecule has 0 aliphatic rings. The fourth-order valence-corrected chi connectivity index (χ4v) is 2.72. The zero-order chi connectivity index (χ0) is 21.0. The molecule has 0 aliphatic carbocycles. The maximum atomic E-state index is 12.8. The third-order valence-electron chi connectivity index (χ3n) is 4.11. The van der Waals surface area contributed by atoms with E-state index in [1.165, 1.54) is 15.6 Å². The molecule has 0 atom stereocenters. The molecule has 29 heavy (non-hydrogen) atoms. The monoisotopic (exact) mass is 397 g/mol. The average molecular weight is 397 g/mol. The maximum absolute atomic E-state index is 12.8. The number of nitro groups is 1. The van der Waals surface area contributed by atoms with E-state index in [0.29, 0.717) is 12.2 Å². The maximum Gasteiger partial charge on any atom is 0.320 e. The van der Waals surface area contributed by atoms with Gasteiger partial charge in [0.1, 0.15) is 6.20 Å². The summed E-state index contributed by atoms with van der Waals surface area (Å²) in [5.74, 6) is -1.27. The van der Waals surface area contributed by atoms with Crippen molar-refractivity contribution in [3.05, 3.63) is 64.2 Å². The van der Waals surface area contributed by atoms with E-state index in [1.54, 1.807) is 31.2 Å². The van der Waals surface area contributed by atoms with Crippen LogP contribution in [0.2, 0.25) is 0 Å². The van der Waals surface area contributed by atoms with Crippen molar-refractivity contribution in [3.63, 3.8) is 0 Å². The fourth-order valence-electron chi connectivity index (χ4n) is 2.72. The number of para-hydroxylation sites is 1. The third-order valence-corrected chi connectivity index (χ3v) is 4.11. The second-order valence-corrected chi connectivity index (χ2v) is 5.97. The number of carbonyl (C=O) groups excluding carboxylic acids is 2. The molecule has 1 aromatic carbocycles. The summed E-state index contributed by atoms with van der Waals surface area (Å²) >= 11 is 0. The number of nitrogens with one attached hydrogen (secondary N) is 2. The molecule has 0 fully saturated rings. The molecule has 3 rings (SSSR count). The van der Waals surface area contributed by atoms with Crippen LogP contribution in [0.3, 0.4) is 0 Å². The standard InChI is InChI=1S/C18H19N7O4/c1-3-23-11-13(15(22-23)17(26)20-12-8-6-5-7-9-12)21-18(27)16-14(25(28)29)10-19-24(16)4-2/h5-11H,3-4H2,1-2H3,(H,20,26)(H,21,27). The lowest BCUT2D eigenvalue weighted by molar-refractivity contribution is -0.385. The van der Waals surface area contributed by atoms with Gasteiger partial charge in [-0.1, -0.05) is 18.2 Å². The first-order valence-corrected chi connectivity index (χ1v) is 8.90. The summed E-state index contributed by atoms with van der Waals surface area (Å²) in [5, 5.41) is 24.5. The zero-order valence-electron chi connectivity index (χ0n) is 15.8. The smallest absolute Gasteiger partial charge is 0.320 e. The largest absolute Gasteiger partial charge is 0.321 e. The molecule has 2 amide bonds. The Morgan fingerprint density at radius 2 is 1.83 bits per heavy atom. The van der Waals surface area contributed by atoms with Crippen LogP contribution in [-0.4, -0.2) is 36.3 Å². The van der Waals surface area contributed by atoms with Crippen molar-refractivity contribution >= 4 is 28.9 Å². The first kappa shape index (κ1) is 19.7. The van der Waals surface area contributed by atoms with Crippen LogP contribution in [0.5, 0.6) is 0 Å². The number of amides is 2. The summed E-state index contributed by atoms with van der Waals surface area (Å²) in [6.45, 7) is 4.27. The van der Waals surface area contributed by atoms with E-state index in [9.17, 15) is 19.7 Å². The average Bonchev–Trinajstić information content (AvgIpc) is 3.32. The molecule has 2 N–H and O–H groups in total. The van der Waals surface area contributed by atoms with Gasteiger partial charge in [0.25, 0.3) is 11.8 Å². The van der Waals surface area contributed by atoms with E-state index in [2.05, 4.69) is 20.8 Å². The van der Waals surface area contributed by atoms with Crippen molar-refractivity contribution in [2.75, 3.05) is 10.6 Å². The Hall–Kier alpha value is -4.02. The highest BCUT2D eigenvalue weighted by Gasteiger charge is 2.28. The number of nitrogens with zero attached hydrogens (tertiary/aromatic N) is 5. The van der Waals surface area contributed by atoms with Gasteiger partial charge < -0.3 is 10.6 Å². The van der Waals surface area contributed by atoms with Gasteiger partial charge in [-0.05, 0) is 26.0 Å². The van der Waals surface area contributed by atoms with Crippen LogP contribution in [0.1, 0.15) is 34.8 Å². The minimum absolute atomic E-state index is 0.00531. The van der Waals surface area contributed by atoms with E-state index in [1.807, 2.05) is 13.0 Å². The molecule has 0 saturated heterocycles. The van der Waals surface area contributed by atoms with Gasteiger partial charge in [-0.2, -0.15) is 10.2 Å². The lowest BCUT2D eigenvalue weighted by Crippen LogP contribution is -2.21. The van der Waals surface area contributed by atoms with Crippen molar-refractivity contribution in [2.24, 2.45) is 0 Å². The molecule has 0 aliphatic heterocycles. The van der Waals surface area contributed by atoms with Gasteiger partial charge in [0.05, 0.1) is 10.6 Å². The SMILES string of the molecule is CCn1cc(NC(=O)c2c([N+](=O)[O-])cnn2CC)c(C(=O)Nc2ccccc2)n1. The molecule has 0 bridgehead atoms. The van der Waals surface area contributed by atoms with E-state index in [0.717, 1.165) is 6.20 Å². The third kappa shape index (κ3) is 4.13. The molecule has 0 saturated carbocycles. The van der Waals surface area contributed by atoms with E-state index < -0.39 is 22.4 Å². The first-order chi connectivity index (χ1) is 13.9. The van der Waals surface area contributed by atoms with Gasteiger partial charge in [-0.15, -0.1) is 0 Å². The van der Waals surface area contributed by atoms with Gasteiger partial charge in [0, 0.05) is 25.0 Å². The second-order valence-electron chi connectivity index (χ2n) is 5.97. The van der Waals surface area contributed by atoms with Gasteiger partial charge in [-0.25, -0.2) is 0 Å². The highest BCUT2D eigenvalue weighted by atomic mass is 16.6. The summed E-state index contributed by atoms with van der Waals surface area (Å²) in [7, 11) is 0. The fraction of sp³-hybridized carbons (Fsp3) is 0.222. The quantitative estimate of drug-likeness (QED) is 0.464. The summed E-state index contributed by atoms with van der Waals surface area (Å²) in [6, 6.07) is 8.80. The first-order valence-electron chi connectivity index (χ1n) is 8.90. The minimum atomic E-state index is -0.750. The lowest BCUT2D eigenvalue weighted by atomic mass is 10.2. The molecule has 0 unspecified atom stereocenters. The van der Waals surface area contributed by atoms with Gasteiger partial charge in [0.15, 0.2) is 5.69 Å². The highest BCUT2D eigenvalue weighted by Crippen LogP contribution is 2.22. The number of rotatable bonds is 7. The molecular formula is C18H19N7O4. The van der Waals surface area contributed by atoms with Crippen LogP contribution < -0.4 is 10.6 Å². The Balaban J connectivity index is 1.91. The Bertz CT molecular complexity index is 1060. The number of anilines is 2. The van der Waals surface area contributed by atoms with E-state index in [-0.39, 0.29) is 23.6 Å². The van der Waals surface area contributed by atoms with Crippen molar-refractivity contribution in [1.82, 2.24) is 19.6 Å². The summed E-state index contributed by atoms with van der Waals surface area (Å²) in [5.41, 5.74) is 0.0944. The number of hydrogen-bond donors (Lipinski definition) is 2. The molecule has 2 heterocycles. The molecule has 11 nitrogen and oxygen atoms in total. The lowest BCUT2D eigenvalue weighted by Gasteiger charge is -2.07. The number of benzene rings is 1. The van der Waals surface area contributed by atoms with Gasteiger partial charge in [0.2, 0.25) is 5.69 Å². The van der Waals surface area contributed by atoms with Crippen LogP contribution in [0, 0.1) is 10.1 Å². The van der Waals surface area contributed by atoms with Crippen LogP contribution in [-0.2, 0) is 13.1 Å². The van der Waals surface area contributed by atoms with Crippen molar-refractivity contribution in [2.45, 2.75) is 26.9 Å². The Morgan fingerprint density at radius 1 is 1.10 bits per heavy atom. The van der Waals surface area contributed by atoms with Crippen molar-refractivity contribution in [3.8, 4) is 0 Å². The molecular weight excluding hydrogens is 378 g/mol. The summed E-state index contributed by atoms with van der Waals surface area (Å²) in [4.78, 5) is 36.0. The predicted octanol–water partition coefficient (Wildman–Crippen LogP) is 2.53. The summed E-state index contributed by atoms with van der Waals surface area (Å²) in [6.07, 6.45) is 2.52. The van der Waals surface area contributed by atoms with Crippen LogP contribution in [0.4, 0.5) is 17.1 Å². The second kappa shape index (κ2) is 8.33. The Morgan fingerprint density at radius 3 is 2.45 bits per heavy atom. The molecule has 0 radical (unpaired) electrons. The van der Waals surface area contributed by atoms with E-state index >= 15 is 0 Å². The normalized spacial score (nSPS) is 10.6. The number of aromatic nitrogens is 4. The molecule has 0 spiro atoms. The van der Waals surface area contributed by atoms with Crippen LogP contribution in [0.15, 0.2) is 42.7 Å². The number of carbonyl (C=O) groups is 2. The summed E-state index contributed by atoms with van der Waals surface area (Å²) < 4.78 is 2.71. The van der Waals surface area contributed by atoms with Crippen molar-refractivity contribution in [1.29, 1.82) is 0 Å². The number of hydrogen-bond acceptors (Lipinski definition) is 6. The van der Waals surface area contributed by atoms with Crippen LogP contribution in [0.25, 0.3) is 0 Å². The van der Waals surface area contributed by atoms with Gasteiger partial charge in [-0.3, -0.25) is 29.1 Å². The molecule has 11 heteroatoms. The highest BCUT2D eigenvalue weighted by molar-refractivity contribution is 6.12. The predicted molar refractivity (Wildman–Crippen MR) is 105 cm³/mol. The van der Waals surface area contributed by atoms with Crippen molar-refractivity contribution < 1.29 is 14.5 Å². The number of aryl methyl sites for hydroxylation is 2. The Kier molecular flexibility index (Phi) is 5.67. The van der Waals surface area contributed by atoms with Gasteiger partial charge >= 0.3 is 5.69 Å². The topological polar surface area (TPSA) is 137 Å².